The van der Waals surface area contributed by atoms with Gasteiger partial charge in [0.25, 0.3) is 0 Å². The number of nitrogens with one attached hydrogen (secondary N) is 1. The van der Waals surface area contributed by atoms with E-state index in [1.54, 1.807) is 0 Å². The van der Waals surface area contributed by atoms with Gasteiger partial charge in [0.2, 0.25) is 0 Å². The largest absolute Gasteiger partial charge is 0.379 e. The van der Waals surface area contributed by atoms with Crippen LogP contribution in [0.15, 0.2) is 0 Å². The first kappa shape index (κ1) is 24.3. The van der Waals surface area contributed by atoms with Gasteiger partial charge in [-0.1, -0.05) is 51.4 Å². The highest BCUT2D eigenvalue weighted by Crippen LogP contribution is 2.12. The van der Waals surface area contributed by atoms with Crippen molar-refractivity contribution in [3.05, 3.63) is 0 Å². The summed E-state index contributed by atoms with van der Waals surface area (Å²) in [4.78, 5) is 5.13. The summed E-state index contributed by atoms with van der Waals surface area (Å²) in [5, 5.41) is 3.39. The Morgan fingerprint density at radius 2 is 1.12 bits per heavy atom. The van der Waals surface area contributed by atoms with E-state index in [1.165, 1.54) is 64.2 Å². The standard InChI is InChI=1S/C10H24N2Si.C10H23NOSi/c1-13(2,3)10-4-7-12-8-5-11-6-9-12;1-13(2,3)10-4-5-11-6-8-12-9-7-11/h11H,4-10H2,1-3H3;4-10H2,1-3H3. The molecule has 0 saturated carbocycles. The van der Waals surface area contributed by atoms with Gasteiger partial charge in [0, 0.05) is 55.4 Å². The second-order valence-corrected chi connectivity index (χ2v) is 21.6. The Bertz CT molecular complexity index is 310. The van der Waals surface area contributed by atoms with E-state index in [9.17, 15) is 0 Å². The first-order valence-electron chi connectivity index (χ1n) is 10.9. The van der Waals surface area contributed by atoms with Gasteiger partial charge in [0.05, 0.1) is 13.2 Å². The number of piperazine rings is 1. The van der Waals surface area contributed by atoms with E-state index in [2.05, 4.69) is 54.4 Å². The molecule has 0 unspecified atom stereocenters. The summed E-state index contributed by atoms with van der Waals surface area (Å²) >= 11 is 0. The normalized spacial score (nSPS) is 20.5. The van der Waals surface area contributed by atoms with Crippen molar-refractivity contribution in [1.29, 1.82) is 0 Å². The molecule has 0 aromatic carbocycles. The predicted octanol–water partition coefficient (Wildman–Crippen LogP) is 3.67. The van der Waals surface area contributed by atoms with E-state index in [0.717, 1.165) is 26.3 Å². The maximum Gasteiger partial charge on any atom is 0.0594 e. The molecule has 0 amide bonds. The Hall–Kier alpha value is 0.274. The average Bonchev–Trinajstić information content (AvgIpc) is 2.55. The van der Waals surface area contributed by atoms with E-state index < -0.39 is 16.1 Å². The highest BCUT2D eigenvalue weighted by Gasteiger charge is 2.15. The maximum absolute atomic E-state index is 5.31. The van der Waals surface area contributed by atoms with Crippen LogP contribution < -0.4 is 5.32 Å². The molecule has 6 heteroatoms. The molecule has 2 aliphatic rings. The van der Waals surface area contributed by atoms with Crippen molar-refractivity contribution in [2.45, 2.75) is 64.2 Å². The number of nitrogens with zero attached hydrogens (tertiary/aromatic N) is 2. The van der Waals surface area contributed by atoms with Crippen LogP contribution >= 0.6 is 0 Å². The third-order valence-corrected chi connectivity index (χ3v) is 8.82. The van der Waals surface area contributed by atoms with Crippen molar-refractivity contribution in [2.24, 2.45) is 0 Å². The van der Waals surface area contributed by atoms with Crippen LogP contribution in [0.3, 0.4) is 0 Å². The maximum atomic E-state index is 5.31. The molecule has 26 heavy (non-hydrogen) atoms. The summed E-state index contributed by atoms with van der Waals surface area (Å²) < 4.78 is 5.31. The first-order valence-corrected chi connectivity index (χ1v) is 18.3. The summed E-state index contributed by atoms with van der Waals surface area (Å²) in [6.07, 6.45) is 2.80. The number of ether oxygens (including phenoxy) is 1. The average molecular weight is 402 g/mol. The van der Waals surface area contributed by atoms with Crippen LogP contribution in [0.5, 0.6) is 0 Å². The summed E-state index contributed by atoms with van der Waals surface area (Å²) in [5.74, 6) is 0. The number of hydrogen-bond donors (Lipinski definition) is 1. The quantitative estimate of drug-likeness (QED) is 0.628. The Balaban J connectivity index is 0.000000260. The lowest BCUT2D eigenvalue weighted by Crippen LogP contribution is -2.44. The molecule has 0 spiro atoms. The molecule has 156 valence electrons. The third kappa shape index (κ3) is 14.3. The van der Waals surface area contributed by atoms with Crippen LogP contribution in [-0.2, 0) is 4.74 Å². The minimum absolute atomic E-state index is 0.784. The van der Waals surface area contributed by atoms with Crippen molar-refractivity contribution < 1.29 is 4.74 Å². The van der Waals surface area contributed by atoms with E-state index in [4.69, 9.17) is 4.74 Å². The zero-order valence-corrected chi connectivity index (χ0v) is 20.7. The molecule has 2 aliphatic heterocycles. The van der Waals surface area contributed by atoms with Crippen LogP contribution in [0.1, 0.15) is 12.8 Å². The lowest BCUT2D eigenvalue weighted by atomic mass is 10.3. The third-order valence-electron chi connectivity index (χ3n) is 5.12. The monoisotopic (exact) mass is 401 g/mol. The van der Waals surface area contributed by atoms with E-state index in [0.29, 0.717) is 0 Å². The zero-order chi connectivity index (χ0) is 19.5. The van der Waals surface area contributed by atoms with Gasteiger partial charge < -0.3 is 15.0 Å². The van der Waals surface area contributed by atoms with Crippen LogP contribution in [0.2, 0.25) is 51.4 Å². The van der Waals surface area contributed by atoms with Crippen LogP contribution in [0, 0.1) is 0 Å². The zero-order valence-electron chi connectivity index (χ0n) is 18.7. The highest BCUT2D eigenvalue weighted by molar-refractivity contribution is 6.76. The summed E-state index contributed by atoms with van der Waals surface area (Å²) in [5.41, 5.74) is 0. The van der Waals surface area contributed by atoms with Crippen molar-refractivity contribution in [3.63, 3.8) is 0 Å². The lowest BCUT2D eigenvalue weighted by molar-refractivity contribution is 0.0379. The highest BCUT2D eigenvalue weighted by atomic mass is 28.3. The molecule has 1 N–H and O–H groups in total. The molecule has 0 aromatic rings. The Morgan fingerprint density at radius 1 is 0.692 bits per heavy atom. The number of rotatable bonds is 8. The second-order valence-electron chi connectivity index (χ2n) is 10.4. The number of morpholine rings is 1. The molecule has 0 aromatic heterocycles. The Morgan fingerprint density at radius 3 is 1.54 bits per heavy atom. The Kier molecular flexibility index (Phi) is 11.9. The molecule has 2 saturated heterocycles. The van der Waals surface area contributed by atoms with E-state index >= 15 is 0 Å². The molecular formula is C20H47N3OSi2. The van der Waals surface area contributed by atoms with Gasteiger partial charge in [-0.2, -0.15) is 0 Å². The fraction of sp³-hybridized carbons (Fsp3) is 1.00. The minimum Gasteiger partial charge on any atom is -0.379 e. The van der Waals surface area contributed by atoms with Gasteiger partial charge in [0.1, 0.15) is 0 Å². The molecule has 2 fully saturated rings. The van der Waals surface area contributed by atoms with Gasteiger partial charge in [-0.25, -0.2) is 0 Å². The van der Waals surface area contributed by atoms with Gasteiger partial charge in [-0.3, -0.25) is 4.90 Å². The van der Waals surface area contributed by atoms with Crippen molar-refractivity contribution in [3.8, 4) is 0 Å². The molecule has 0 bridgehead atoms. The predicted molar refractivity (Wildman–Crippen MR) is 122 cm³/mol. The number of hydrogen-bond acceptors (Lipinski definition) is 4. The fourth-order valence-electron chi connectivity index (χ4n) is 3.43. The van der Waals surface area contributed by atoms with Crippen LogP contribution in [0.25, 0.3) is 0 Å². The molecular weight excluding hydrogens is 354 g/mol. The van der Waals surface area contributed by atoms with Gasteiger partial charge >= 0.3 is 0 Å². The Labute approximate surface area is 166 Å². The van der Waals surface area contributed by atoms with Crippen LogP contribution in [0.4, 0.5) is 0 Å². The van der Waals surface area contributed by atoms with E-state index in [-0.39, 0.29) is 0 Å². The summed E-state index contributed by atoms with van der Waals surface area (Å²) in [6.45, 7) is 26.4. The van der Waals surface area contributed by atoms with Gasteiger partial charge in [-0.15, -0.1) is 0 Å². The first-order chi connectivity index (χ1) is 12.2. The second kappa shape index (κ2) is 12.7. The molecule has 2 rings (SSSR count). The molecule has 0 radical (unpaired) electrons. The molecule has 0 aliphatic carbocycles. The lowest BCUT2D eigenvalue weighted by Gasteiger charge is -2.28. The van der Waals surface area contributed by atoms with Crippen molar-refractivity contribution in [2.75, 3.05) is 65.6 Å². The van der Waals surface area contributed by atoms with Crippen molar-refractivity contribution >= 4 is 16.1 Å². The summed E-state index contributed by atoms with van der Waals surface area (Å²) in [7, 11) is -1.58. The molecule has 2 heterocycles. The SMILES string of the molecule is C[Si](C)(C)CCCN1CCNCC1.C[Si](C)(C)CCCN1CCOCC1. The summed E-state index contributed by atoms with van der Waals surface area (Å²) in [6, 6.07) is 2.95. The van der Waals surface area contributed by atoms with Crippen LogP contribution in [-0.4, -0.2) is 91.5 Å². The molecule has 0 atom stereocenters. The van der Waals surface area contributed by atoms with E-state index in [1.807, 2.05) is 0 Å². The van der Waals surface area contributed by atoms with Gasteiger partial charge in [-0.05, 0) is 25.9 Å². The molecule has 4 nitrogen and oxygen atoms in total. The smallest absolute Gasteiger partial charge is 0.0594 e. The minimum atomic E-state index is -0.800. The topological polar surface area (TPSA) is 27.7 Å². The van der Waals surface area contributed by atoms with Crippen molar-refractivity contribution in [1.82, 2.24) is 15.1 Å². The van der Waals surface area contributed by atoms with Gasteiger partial charge in [0.15, 0.2) is 0 Å². The fourth-order valence-corrected chi connectivity index (χ4v) is 5.86.